The van der Waals surface area contributed by atoms with E-state index in [9.17, 15) is 13.6 Å². The second kappa shape index (κ2) is 6.82. The highest BCUT2D eigenvalue weighted by Gasteiger charge is 2.45. The van der Waals surface area contributed by atoms with E-state index in [-0.39, 0.29) is 30.2 Å². The lowest BCUT2D eigenvalue weighted by Crippen LogP contribution is -2.27. The fourth-order valence-corrected chi connectivity index (χ4v) is 2.08. The van der Waals surface area contributed by atoms with Crippen LogP contribution in [0.2, 0.25) is 0 Å². The summed E-state index contributed by atoms with van der Waals surface area (Å²) in [4.78, 5) is 11.7. The van der Waals surface area contributed by atoms with E-state index in [4.69, 9.17) is 5.73 Å². The van der Waals surface area contributed by atoms with Gasteiger partial charge in [0.2, 0.25) is 5.91 Å². The molecule has 0 aromatic heterocycles. The third kappa shape index (κ3) is 3.64. The zero-order valence-corrected chi connectivity index (χ0v) is 11.2. The molecule has 1 amide bonds. The van der Waals surface area contributed by atoms with Crippen LogP contribution in [0.1, 0.15) is 24.3 Å². The molecule has 1 aliphatic rings. The Hall–Kier alpha value is -1.20. The number of hydrogen-bond acceptors (Lipinski definition) is 2. The van der Waals surface area contributed by atoms with Gasteiger partial charge in [0, 0.05) is 12.5 Å². The number of benzene rings is 1. The summed E-state index contributed by atoms with van der Waals surface area (Å²) in [5, 5.41) is 2.74. The maximum absolute atomic E-state index is 13.5. The van der Waals surface area contributed by atoms with Gasteiger partial charge in [-0.1, -0.05) is 12.1 Å². The first-order valence-electron chi connectivity index (χ1n) is 6.07. The van der Waals surface area contributed by atoms with Gasteiger partial charge in [0.15, 0.2) is 11.6 Å². The quantitative estimate of drug-likeness (QED) is 0.815. The van der Waals surface area contributed by atoms with E-state index >= 15 is 0 Å². The normalized spacial score (nSPS) is 20.6. The van der Waals surface area contributed by atoms with Gasteiger partial charge in [0.25, 0.3) is 0 Å². The third-order valence-electron chi connectivity index (χ3n) is 3.19. The molecule has 0 aliphatic heterocycles. The lowest BCUT2D eigenvalue weighted by atomic mass is 10.1. The van der Waals surface area contributed by atoms with Crippen LogP contribution in [-0.2, 0) is 4.79 Å². The molecule has 1 fully saturated rings. The maximum atomic E-state index is 13.5. The SMILES string of the molecule is Cl.NCCCNC(=O)C1CC1c1cccc(F)c1F. The summed E-state index contributed by atoms with van der Waals surface area (Å²) in [7, 11) is 0. The Kier molecular flexibility index (Phi) is 5.69. The average molecular weight is 291 g/mol. The lowest BCUT2D eigenvalue weighted by Gasteiger charge is -2.05. The summed E-state index contributed by atoms with van der Waals surface area (Å²) in [6.45, 7) is 1.05. The molecule has 19 heavy (non-hydrogen) atoms. The fraction of sp³-hybridized carbons (Fsp3) is 0.462. The van der Waals surface area contributed by atoms with E-state index in [1.807, 2.05) is 0 Å². The van der Waals surface area contributed by atoms with Crippen molar-refractivity contribution in [3.63, 3.8) is 0 Å². The van der Waals surface area contributed by atoms with Gasteiger partial charge in [-0.25, -0.2) is 8.78 Å². The average Bonchev–Trinajstić information content (AvgIpc) is 3.13. The first-order valence-corrected chi connectivity index (χ1v) is 6.07. The number of carbonyl (C=O) groups is 1. The molecule has 3 N–H and O–H groups in total. The molecule has 1 aliphatic carbocycles. The monoisotopic (exact) mass is 290 g/mol. The van der Waals surface area contributed by atoms with Crippen molar-refractivity contribution < 1.29 is 13.6 Å². The summed E-state index contributed by atoms with van der Waals surface area (Å²) in [5.41, 5.74) is 5.62. The summed E-state index contributed by atoms with van der Waals surface area (Å²) >= 11 is 0. The van der Waals surface area contributed by atoms with Crippen LogP contribution in [0, 0.1) is 17.6 Å². The number of amides is 1. The van der Waals surface area contributed by atoms with Crippen LogP contribution in [-0.4, -0.2) is 19.0 Å². The summed E-state index contributed by atoms with van der Waals surface area (Å²) in [5.74, 6) is -2.23. The van der Waals surface area contributed by atoms with Crippen molar-refractivity contribution in [1.29, 1.82) is 0 Å². The van der Waals surface area contributed by atoms with Gasteiger partial charge in [-0.3, -0.25) is 4.79 Å². The zero-order valence-electron chi connectivity index (χ0n) is 10.4. The van der Waals surface area contributed by atoms with Crippen LogP contribution < -0.4 is 11.1 Å². The van der Waals surface area contributed by atoms with E-state index in [0.29, 0.717) is 25.1 Å². The van der Waals surface area contributed by atoms with E-state index in [1.165, 1.54) is 12.1 Å². The maximum Gasteiger partial charge on any atom is 0.223 e. The number of carbonyl (C=O) groups excluding carboxylic acids is 1. The molecule has 2 atom stereocenters. The van der Waals surface area contributed by atoms with Crippen molar-refractivity contribution in [3.05, 3.63) is 35.4 Å². The van der Waals surface area contributed by atoms with Crippen molar-refractivity contribution >= 4 is 18.3 Å². The number of nitrogens with two attached hydrogens (primary N) is 1. The predicted molar refractivity (Wildman–Crippen MR) is 71.1 cm³/mol. The second-order valence-corrected chi connectivity index (χ2v) is 4.52. The molecule has 106 valence electrons. The third-order valence-corrected chi connectivity index (χ3v) is 3.19. The molecule has 1 aromatic carbocycles. The van der Waals surface area contributed by atoms with Crippen molar-refractivity contribution in [2.45, 2.75) is 18.8 Å². The van der Waals surface area contributed by atoms with Crippen LogP contribution in [0.3, 0.4) is 0 Å². The Morgan fingerprint density at radius 1 is 1.42 bits per heavy atom. The molecular formula is C13H17ClF2N2O. The van der Waals surface area contributed by atoms with Crippen LogP contribution >= 0.6 is 12.4 Å². The van der Waals surface area contributed by atoms with Crippen LogP contribution in [0.5, 0.6) is 0 Å². The molecule has 0 radical (unpaired) electrons. The zero-order chi connectivity index (χ0) is 13.1. The summed E-state index contributed by atoms with van der Waals surface area (Å²) in [6.07, 6.45) is 1.30. The standard InChI is InChI=1S/C13H16F2N2O.ClH/c14-11-4-1-3-8(12(11)15)9-7-10(9)13(18)17-6-2-5-16;/h1,3-4,9-10H,2,5-7,16H2,(H,17,18);1H. The molecule has 6 heteroatoms. The molecule has 1 aromatic rings. The Balaban J connectivity index is 0.00000180. The summed E-state index contributed by atoms with van der Waals surface area (Å²) < 4.78 is 26.6. The van der Waals surface area contributed by atoms with E-state index < -0.39 is 11.6 Å². The Morgan fingerprint density at radius 2 is 2.16 bits per heavy atom. The number of rotatable bonds is 5. The minimum atomic E-state index is -0.860. The molecular weight excluding hydrogens is 274 g/mol. The Morgan fingerprint density at radius 3 is 2.84 bits per heavy atom. The number of halogens is 3. The molecule has 0 heterocycles. The first-order chi connectivity index (χ1) is 8.65. The molecule has 0 saturated heterocycles. The predicted octanol–water partition coefficient (Wildman–Crippen LogP) is 1.96. The van der Waals surface area contributed by atoms with Gasteiger partial charge >= 0.3 is 0 Å². The van der Waals surface area contributed by atoms with Crippen molar-refractivity contribution in [1.82, 2.24) is 5.32 Å². The van der Waals surface area contributed by atoms with Crippen LogP contribution in [0.25, 0.3) is 0 Å². The molecule has 2 unspecified atom stereocenters. The second-order valence-electron chi connectivity index (χ2n) is 4.52. The minimum absolute atomic E-state index is 0. The van der Waals surface area contributed by atoms with Crippen molar-refractivity contribution in [2.75, 3.05) is 13.1 Å². The van der Waals surface area contributed by atoms with Crippen LogP contribution in [0.4, 0.5) is 8.78 Å². The fourth-order valence-electron chi connectivity index (χ4n) is 2.08. The van der Waals surface area contributed by atoms with Gasteiger partial charge in [0.1, 0.15) is 0 Å². The van der Waals surface area contributed by atoms with Crippen molar-refractivity contribution in [3.8, 4) is 0 Å². The van der Waals surface area contributed by atoms with Gasteiger partial charge in [0.05, 0.1) is 0 Å². The van der Waals surface area contributed by atoms with Gasteiger partial charge in [-0.2, -0.15) is 0 Å². The highest BCUT2D eigenvalue weighted by Crippen LogP contribution is 2.48. The Labute approximate surface area is 117 Å². The van der Waals surface area contributed by atoms with Crippen LogP contribution in [0.15, 0.2) is 18.2 Å². The van der Waals surface area contributed by atoms with Gasteiger partial charge < -0.3 is 11.1 Å². The highest BCUT2D eigenvalue weighted by atomic mass is 35.5. The molecule has 3 nitrogen and oxygen atoms in total. The lowest BCUT2D eigenvalue weighted by molar-refractivity contribution is -0.122. The first kappa shape index (κ1) is 15.9. The smallest absolute Gasteiger partial charge is 0.223 e. The summed E-state index contributed by atoms with van der Waals surface area (Å²) in [6, 6.07) is 4.09. The minimum Gasteiger partial charge on any atom is -0.356 e. The van der Waals surface area contributed by atoms with E-state index in [0.717, 1.165) is 12.5 Å². The number of hydrogen-bond donors (Lipinski definition) is 2. The topological polar surface area (TPSA) is 55.1 Å². The highest BCUT2D eigenvalue weighted by molar-refractivity contribution is 5.85. The van der Waals surface area contributed by atoms with E-state index in [1.54, 1.807) is 0 Å². The van der Waals surface area contributed by atoms with Crippen molar-refractivity contribution in [2.24, 2.45) is 11.7 Å². The Bertz CT molecular complexity index is 456. The molecule has 0 bridgehead atoms. The van der Waals surface area contributed by atoms with Gasteiger partial charge in [-0.15, -0.1) is 12.4 Å². The molecule has 0 spiro atoms. The van der Waals surface area contributed by atoms with E-state index in [2.05, 4.69) is 5.32 Å². The largest absolute Gasteiger partial charge is 0.356 e. The van der Waals surface area contributed by atoms with Gasteiger partial charge in [-0.05, 0) is 36.9 Å². The molecule has 2 rings (SSSR count). The number of nitrogens with one attached hydrogen (secondary N) is 1. The molecule has 1 saturated carbocycles.